The lowest BCUT2D eigenvalue weighted by Gasteiger charge is -2.15. The number of rotatable bonds is 6. The van der Waals surface area contributed by atoms with Crippen molar-refractivity contribution in [1.29, 1.82) is 0 Å². The summed E-state index contributed by atoms with van der Waals surface area (Å²) in [5, 5.41) is 5.45. The summed E-state index contributed by atoms with van der Waals surface area (Å²) < 4.78 is 0. The lowest BCUT2D eigenvalue weighted by atomic mass is 9.95. The molecule has 0 aliphatic heterocycles. The SMILES string of the molecule is CCC(C(=O)NCc1ccc(NC(N)=O)cc1)c1ccccc1. The topological polar surface area (TPSA) is 84.2 Å². The van der Waals surface area contributed by atoms with E-state index in [0.29, 0.717) is 12.2 Å². The highest BCUT2D eigenvalue weighted by atomic mass is 16.2. The molecule has 0 heterocycles. The molecule has 1 unspecified atom stereocenters. The largest absolute Gasteiger partial charge is 0.351 e. The molecule has 0 spiro atoms. The van der Waals surface area contributed by atoms with Crippen molar-refractivity contribution in [2.75, 3.05) is 5.32 Å². The average molecular weight is 311 g/mol. The van der Waals surface area contributed by atoms with Crippen LogP contribution in [0.3, 0.4) is 0 Å². The number of primary amides is 1. The Kier molecular flexibility index (Phi) is 5.74. The fourth-order valence-corrected chi connectivity index (χ4v) is 2.42. The van der Waals surface area contributed by atoms with Crippen LogP contribution in [0.25, 0.3) is 0 Å². The van der Waals surface area contributed by atoms with Crippen molar-refractivity contribution in [3.05, 3.63) is 65.7 Å². The minimum Gasteiger partial charge on any atom is -0.351 e. The highest BCUT2D eigenvalue weighted by Gasteiger charge is 2.17. The van der Waals surface area contributed by atoms with E-state index in [1.54, 1.807) is 12.1 Å². The molecular weight excluding hydrogens is 290 g/mol. The molecule has 2 aromatic carbocycles. The predicted octanol–water partition coefficient (Wildman–Crippen LogP) is 2.99. The zero-order chi connectivity index (χ0) is 16.7. The van der Waals surface area contributed by atoms with Crippen molar-refractivity contribution in [2.45, 2.75) is 25.8 Å². The molecular formula is C18H21N3O2. The number of carbonyl (C=O) groups is 2. The molecule has 0 aliphatic carbocycles. The van der Waals surface area contributed by atoms with Crippen molar-refractivity contribution in [1.82, 2.24) is 5.32 Å². The first kappa shape index (κ1) is 16.5. The number of carbonyl (C=O) groups excluding carboxylic acids is 2. The highest BCUT2D eigenvalue weighted by molar-refractivity contribution is 5.87. The molecule has 0 radical (unpaired) electrons. The van der Waals surface area contributed by atoms with Gasteiger partial charge in [-0.2, -0.15) is 0 Å². The Labute approximate surface area is 135 Å². The summed E-state index contributed by atoms with van der Waals surface area (Å²) in [7, 11) is 0. The van der Waals surface area contributed by atoms with Gasteiger partial charge in [-0.25, -0.2) is 4.79 Å². The van der Waals surface area contributed by atoms with Crippen LogP contribution in [0.2, 0.25) is 0 Å². The van der Waals surface area contributed by atoms with E-state index in [1.165, 1.54) is 0 Å². The van der Waals surface area contributed by atoms with E-state index in [-0.39, 0.29) is 11.8 Å². The third-order valence-corrected chi connectivity index (χ3v) is 3.61. The molecule has 0 saturated heterocycles. The van der Waals surface area contributed by atoms with Crippen LogP contribution in [0, 0.1) is 0 Å². The molecule has 0 saturated carbocycles. The maximum Gasteiger partial charge on any atom is 0.316 e. The standard InChI is InChI=1S/C18H21N3O2/c1-2-16(14-6-4-3-5-7-14)17(22)20-12-13-8-10-15(11-9-13)21-18(19)23/h3-11,16H,2,12H2,1H3,(H,20,22)(H3,19,21,23). The number of hydrogen-bond acceptors (Lipinski definition) is 2. The lowest BCUT2D eigenvalue weighted by molar-refractivity contribution is -0.122. The summed E-state index contributed by atoms with van der Waals surface area (Å²) >= 11 is 0. The van der Waals surface area contributed by atoms with Crippen molar-refractivity contribution >= 4 is 17.6 Å². The summed E-state index contributed by atoms with van der Waals surface area (Å²) in [5.74, 6) is -0.134. The number of benzene rings is 2. The van der Waals surface area contributed by atoms with Crippen LogP contribution in [0.4, 0.5) is 10.5 Å². The highest BCUT2D eigenvalue weighted by Crippen LogP contribution is 2.19. The summed E-state index contributed by atoms with van der Waals surface area (Å²) in [5.41, 5.74) is 7.66. The van der Waals surface area contributed by atoms with Gasteiger partial charge in [-0.05, 0) is 29.7 Å². The van der Waals surface area contributed by atoms with Crippen molar-refractivity contribution in [3.63, 3.8) is 0 Å². The van der Waals surface area contributed by atoms with Crippen LogP contribution in [-0.2, 0) is 11.3 Å². The third-order valence-electron chi connectivity index (χ3n) is 3.61. The minimum absolute atomic E-state index is 0.0121. The van der Waals surface area contributed by atoms with Gasteiger partial charge in [-0.15, -0.1) is 0 Å². The van der Waals surface area contributed by atoms with E-state index in [1.807, 2.05) is 49.4 Å². The summed E-state index contributed by atoms with van der Waals surface area (Å²) in [6.07, 6.45) is 0.747. The smallest absolute Gasteiger partial charge is 0.316 e. The van der Waals surface area contributed by atoms with Crippen LogP contribution in [-0.4, -0.2) is 11.9 Å². The molecule has 2 aromatic rings. The first-order valence-electron chi connectivity index (χ1n) is 7.58. The van der Waals surface area contributed by atoms with Crippen molar-refractivity contribution in [3.8, 4) is 0 Å². The van der Waals surface area contributed by atoms with Gasteiger partial charge in [0.15, 0.2) is 0 Å². The van der Waals surface area contributed by atoms with Gasteiger partial charge in [-0.3, -0.25) is 4.79 Å². The quantitative estimate of drug-likeness (QED) is 0.766. The van der Waals surface area contributed by atoms with Crippen molar-refractivity contribution in [2.24, 2.45) is 5.73 Å². The van der Waals surface area contributed by atoms with Crippen LogP contribution < -0.4 is 16.4 Å². The Morgan fingerprint density at radius 2 is 1.70 bits per heavy atom. The number of amides is 3. The van der Waals surface area contributed by atoms with Crippen LogP contribution in [0.1, 0.15) is 30.4 Å². The average Bonchev–Trinajstić information content (AvgIpc) is 2.55. The summed E-state index contributed by atoms with van der Waals surface area (Å²) in [4.78, 5) is 23.1. The van der Waals surface area contributed by atoms with Gasteiger partial charge in [0.05, 0.1) is 5.92 Å². The zero-order valence-corrected chi connectivity index (χ0v) is 13.1. The van der Waals surface area contributed by atoms with Crippen LogP contribution >= 0.6 is 0 Å². The molecule has 23 heavy (non-hydrogen) atoms. The van der Waals surface area contributed by atoms with Gasteiger partial charge >= 0.3 is 6.03 Å². The van der Waals surface area contributed by atoms with E-state index in [0.717, 1.165) is 17.5 Å². The van der Waals surface area contributed by atoms with Gasteiger partial charge < -0.3 is 16.4 Å². The van der Waals surface area contributed by atoms with Crippen molar-refractivity contribution < 1.29 is 9.59 Å². The van der Waals surface area contributed by atoms with E-state index in [4.69, 9.17) is 5.73 Å². The first-order valence-corrected chi connectivity index (χ1v) is 7.58. The fraction of sp³-hybridized carbons (Fsp3) is 0.222. The monoisotopic (exact) mass is 311 g/mol. The molecule has 4 N–H and O–H groups in total. The van der Waals surface area contributed by atoms with Crippen LogP contribution in [0.5, 0.6) is 0 Å². The summed E-state index contributed by atoms with van der Waals surface area (Å²) in [6.45, 7) is 2.44. The minimum atomic E-state index is -0.597. The van der Waals surface area contributed by atoms with Gasteiger partial charge in [0, 0.05) is 12.2 Å². The molecule has 5 heteroatoms. The van der Waals surface area contributed by atoms with Gasteiger partial charge in [-0.1, -0.05) is 49.4 Å². The Hall–Kier alpha value is -2.82. The Bertz CT molecular complexity index is 654. The Morgan fingerprint density at radius 3 is 2.26 bits per heavy atom. The number of anilines is 1. The van der Waals surface area contributed by atoms with Gasteiger partial charge in [0.1, 0.15) is 0 Å². The van der Waals surface area contributed by atoms with E-state index in [9.17, 15) is 9.59 Å². The maximum absolute atomic E-state index is 12.4. The molecule has 5 nitrogen and oxygen atoms in total. The Morgan fingerprint density at radius 1 is 1.04 bits per heavy atom. The molecule has 0 fully saturated rings. The molecule has 120 valence electrons. The molecule has 0 aliphatic rings. The van der Waals surface area contributed by atoms with E-state index < -0.39 is 6.03 Å². The normalized spacial score (nSPS) is 11.5. The molecule has 3 amide bonds. The molecule has 0 bridgehead atoms. The first-order chi connectivity index (χ1) is 11.1. The fourth-order valence-electron chi connectivity index (χ4n) is 2.42. The second-order valence-corrected chi connectivity index (χ2v) is 5.28. The molecule has 2 rings (SSSR count). The molecule has 1 atom stereocenters. The second kappa shape index (κ2) is 7.98. The second-order valence-electron chi connectivity index (χ2n) is 5.28. The lowest BCUT2D eigenvalue weighted by Crippen LogP contribution is -2.28. The van der Waals surface area contributed by atoms with E-state index >= 15 is 0 Å². The maximum atomic E-state index is 12.4. The van der Waals surface area contributed by atoms with Gasteiger partial charge in [0.25, 0.3) is 0 Å². The molecule has 0 aromatic heterocycles. The number of urea groups is 1. The number of nitrogens with one attached hydrogen (secondary N) is 2. The van der Waals surface area contributed by atoms with Crippen LogP contribution in [0.15, 0.2) is 54.6 Å². The number of hydrogen-bond donors (Lipinski definition) is 3. The third kappa shape index (κ3) is 4.85. The Balaban J connectivity index is 1.94. The van der Waals surface area contributed by atoms with Gasteiger partial charge in [0.2, 0.25) is 5.91 Å². The van der Waals surface area contributed by atoms with E-state index in [2.05, 4.69) is 10.6 Å². The zero-order valence-electron chi connectivity index (χ0n) is 13.1. The number of nitrogens with two attached hydrogens (primary N) is 1. The predicted molar refractivity (Wildman–Crippen MR) is 91.0 cm³/mol. The summed E-state index contributed by atoms with van der Waals surface area (Å²) in [6, 6.07) is 16.3.